The minimum Gasteiger partial charge on any atom is -0.444 e. The van der Waals surface area contributed by atoms with Crippen molar-refractivity contribution in [2.45, 2.75) is 26.4 Å². The van der Waals surface area contributed by atoms with Crippen molar-refractivity contribution in [3.05, 3.63) is 23.8 Å². The molecule has 0 saturated heterocycles. The zero-order valence-corrected chi connectivity index (χ0v) is 16.2. The zero-order chi connectivity index (χ0) is 20.3. The Labute approximate surface area is 159 Å². The van der Waals surface area contributed by atoms with Crippen LogP contribution in [0.1, 0.15) is 31.1 Å². The van der Waals surface area contributed by atoms with E-state index in [2.05, 4.69) is 10.6 Å². The van der Waals surface area contributed by atoms with Gasteiger partial charge in [-0.15, -0.1) is 0 Å². The van der Waals surface area contributed by atoms with Crippen LogP contribution in [0.5, 0.6) is 0 Å². The van der Waals surface area contributed by atoms with E-state index in [1.807, 2.05) is 0 Å². The van der Waals surface area contributed by atoms with E-state index in [1.165, 1.54) is 0 Å². The predicted molar refractivity (Wildman–Crippen MR) is 103 cm³/mol. The molecule has 0 spiro atoms. The number of alkyl carbamates (subject to hydrolysis) is 1. The second-order valence-corrected chi connectivity index (χ2v) is 6.80. The van der Waals surface area contributed by atoms with E-state index in [0.29, 0.717) is 56.5 Å². The number of anilines is 2. The molecule has 1 aromatic carbocycles. The molecule has 0 aliphatic carbocycles. The quantitative estimate of drug-likeness (QED) is 0.351. The van der Waals surface area contributed by atoms with Gasteiger partial charge in [-0.1, -0.05) is 0 Å². The number of nitrogen functional groups attached to an aromatic ring is 2. The molecule has 0 aromatic heterocycles. The second kappa shape index (κ2) is 11.2. The summed E-state index contributed by atoms with van der Waals surface area (Å²) >= 11 is 0. The smallest absolute Gasteiger partial charge is 0.407 e. The van der Waals surface area contributed by atoms with Gasteiger partial charge in [0.25, 0.3) is 5.91 Å². The molecule has 0 bridgehead atoms. The number of carbonyl (C=O) groups is 2. The number of ether oxygens (including phenoxy) is 3. The lowest BCUT2D eigenvalue weighted by molar-refractivity contribution is 0.0400. The van der Waals surface area contributed by atoms with E-state index in [9.17, 15) is 9.59 Å². The monoisotopic (exact) mass is 382 g/mol. The fourth-order valence-corrected chi connectivity index (χ4v) is 2.01. The Balaban J connectivity index is 2.00. The number of nitrogens with two attached hydrogens (primary N) is 2. The third-order valence-corrected chi connectivity index (χ3v) is 3.06. The third kappa shape index (κ3) is 10.9. The lowest BCUT2D eigenvalue weighted by atomic mass is 10.1. The van der Waals surface area contributed by atoms with Gasteiger partial charge in [0.05, 0.1) is 26.4 Å². The zero-order valence-electron chi connectivity index (χ0n) is 16.2. The summed E-state index contributed by atoms with van der Waals surface area (Å²) < 4.78 is 15.8. The molecular weight excluding hydrogens is 352 g/mol. The highest BCUT2D eigenvalue weighted by Crippen LogP contribution is 2.13. The van der Waals surface area contributed by atoms with Crippen LogP contribution in [0, 0.1) is 0 Å². The summed E-state index contributed by atoms with van der Waals surface area (Å²) in [5, 5.41) is 5.31. The first-order chi connectivity index (χ1) is 12.7. The van der Waals surface area contributed by atoms with E-state index < -0.39 is 11.7 Å². The second-order valence-electron chi connectivity index (χ2n) is 6.80. The molecule has 9 heteroatoms. The lowest BCUT2D eigenvalue weighted by Crippen LogP contribution is -2.34. The average Bonchev–Trinajstić information content (AvgIpc) is 2.53. The van der Waals surface area contributed by atoms with Crippen LogP contribution in [0.25, 0.3) is 0 Å². The Hall–Kier alpha value is -2.52. The van der Waals surface area contributed by atoms with Crippen LogP contribution in [-0.2, 0) is 14.2 Å². The fraction of sp³-hybridized carbons (Fsp3) is 0.556. The fourth-order valence-electron chi connectivity index (χ4n) is 2.01. The molecule has 2 amide bonds. The molecule has 0 unspecified atom stereocenters. The first-order valence-electron chi connectivity index (χ1n) is 8.74. The molecule has 0 saturated carbocycles. The van der Waals surface area contributed by atoms with Gasteiger partial charge in [0, 0.05) is 30.0 Å². The molecule has 0 heterocycles. The first kappa shape index (κ1) is 22.5. The van der Waals surface area contributed by atoms with Crippen molar-refractivity contribution >= 4 is 23.4 Å². The van der Waals surface area contributed by atoms with Crippen LogP contribution in [0.3, 0.4) is 0 Å². The average molecular weight is 382 g/mol. The highest BCUT2D eigenvalue weighted by Gasteiger charge is 2.15. The lowest BCUT2D eigenvalue weighted by Gasteiger charge is -2.19. The first-order valence-corrected chi connectivity index (χ1v) is 8.74. The van der Waals surface area contributed by atoms with Crippen molar-refractivity contribution < 1.29 is 23.8 Å². The number of hydrogen-bond donors (Lipinski definition) is 4. The van der Waals surface area contributed by atoms with Gasteiger partial charge >= 0.3 is 6.09 Å². The van der Waals surface area contributed by atoms with Crippen molar-refractivity contribution in [1.29, 1.82) is 0 Å². The van der Waals surface area contributed by atoms with E-state index in [0.717, 1.165) is 0 Å². The van der Waals surface area contributed by atoms with Gasteiger partial charge in [0.1, 0.15) is 5.60 Å². The number of amides is 2. The minimum atomic E-state index is -0.520. The predicted octanol–water partition coefficient (Wildman–Crippen LogP) is 1.14. The van der Waals surface area contributed by atoms with E-state index in [1.54, 1.807) is 39.0 Å². The van der Waals surface area contributed by atoms with Gasteiger partial charge < -0.3 is 36.3 Å². The van der Waals surface area contributed by atoms with Crippen molar-refractivity contribution in [3.63, 3.8) is 0 Å². The molecule has 0 radical (unpaired) electrons. The SMILES string of the molecule is CC(C)(C)OC(=O)NCCOCCOCCNC(=O)c1cc(N)cc(N)c1. The summed E-state index contributed by atoms with van der Waals surface area (Å²) in [6.45, 7) is 7.58. The molecule has 0 atom stereocenters. The van der Waals surface area contributed by atoms with Gasteiger partial charge in [-0.2, -0.15) is 0 Å². The van der Waals surface area contributed by atoms with Crippen molar-refractivity contribution in [3.8, 4) is 0 Å². The molecular formula is C18H30N4O5. The molecule has 0 fully saturated rings. The normalized spacial score (nSPS) is 11.1. The maximum absolute atomic E-state index is 12.0. The van der Waals surface area contributed by atoms with Crippen molar-refractivity contribution in [2.75, 3.05) is 51.0 Å². The van der Waals surface area contributed by atoms with Gasteiger partial charge in [0.15, 0.2) is 0 Å². The number of carbonyl (C=O) groups excluding carboxylic acids is 2. The molecule has 152 valence electrons. The van der Waals surface area contributed by atoms with Crippen LogP contribution in [0.2, 0.25) is 0 Å². The Morgan fingerprint density at radius 2 is 1.41 bits per heavy atom. The number of nitrogens with one attached hydrogen (secondary N) is 2. The van der Waals surface area contributed by atoms with Crippen molar-refractivity contribution in [2.24, 2.45) is 0 Å². The summed E-state index contributed by atoms with van der Waals surface area (Å²) in [6.07, 6.45) is -0.472. The molecule has 1 aromatic rings. The molecule has 0 aliphatic rings. The highest BCUT2D eigenvalue weighted by molar-refractivity contribution is 5.96. The Kier molecular flexibility index (Phi) is 9.38. The van der Waals surface area contributed by atoms with Crippen LogP contribution in [0.4, 0.5) is 16.2 Å². The number of rotatable bonds is 10. The van der Waals surface area contributed by atoms with Crippen LogP contribution >= 0.6 is 0 Å². The van der Waals surface area contributed by atoms with Gasteiger partial charge in [-0.25, -0.2) is 4.79 Å². The standard InChI is InChI=1S/C18H30N4O5/c1-18(2,3)27-17(24)22-5-7-26-9-8-25-6-4-21-16(23)13-10-14(19)12-15(20)11-13/h10-12H,4-9,19-20H2,1-3H3,(H,21,23)(H,22,24). The van der Waals surface area contributed by atoms with Crippen LogP contribution in [-0.4, -0.2) is 57.1 Å². The van der Waals surface area contributed by atoms with Gasteiger partial charge in [-0.3, -0.25) is 4.79 Å². The van der Waals surface area contributed by atoms with Crippen molar-refractivity contribution in [1.82, 2.24) is 10.6 Å². The Morgan fingerprint density at radius 3 is 1.93 bits per heavy atom. The molecule has 0 aliphatic heterocycles. The summed E-state index contributed by atoms with van der Waals surface area (Å²) in [5.41, 5.74) is 12.1. The van der Waals surface area contributed by atoms with Crippen LogP contribution in [0.15, 0.2) is 18.2 Å². The Morgan fingerprint density at radius 1 is 0.889 bits per heavy atom. The van der Waals surface area contributed by atoms with Gasteiger partial charge in [0.2, 0.25) is 0 Å². The largest absolute Gasteiger partial charge is 0.444 e. The summed E-state index contributed by atoms with van der Waals surface area (Å²) in [4.78, 5) is 23.3. The summed E-state index contributed by atoms with van der Waals surface area (Å²) in [5.74, 6) is -0.262. The Bertz CT molecular complexity index is 596. The van der Waals surface area contributed by atoms with Gasteiger partial charge in [-0.05, 0) is 39.0 Å². The maximum Gasteiger partial charge on any atom is 0.407 e. The number of benzene rings is 1. The topological polar surface area (TPSA) is 138 Å². The highest BCUT2D eigenvalue weighted by atomic mass is 16.6. The summed E-state index contributed by atoms with van der Waals surface area (Å²) in [6, 6.07) is 4.71. The van der Waals surface area contributed by atoms with Crippen LogP contribution < -0.4 is 22.1 Å². The van der Waals surface area contributed by atoms with E-state index >= 15 is 0 Å². The molecule has 27 heavy (non-hydrogen) atoms. The number of hydrogen-bond acceptors (Lipinski definition) is 7. The molecule has 1 rings (SSSR count). The van der Waals surface area contributed by atoms with E-state index in [4.69, 9.17) is 25.7 Å². The molecule has 9 nitrogen and oxygen atoms in total. The maximum atomic E-state index is 12.0. The van der Waals surface area contributed by atoms with E-state index in [-0.39, 0.29) is 5.91 Å². The minimum absolute atomic E-state index is 0.262. The summed E-state index contributed by atoms with van der Waals surface area (Å²) in [7, 11) is 0. The molecule has 6 N–H and O–H groups in total. The third-order valence-electron chi connectivity index (χ3n) is 3.06.